The Morgan fingerprint density at radius 2 is 1.83 bits per heavy atom. The summed E-state index contributed by atoms with van der Waals surface area (Å²) in [5.41, 5.74) is 2.73. The second-order valence-electron chi connectivity index (χ2n) is 8.81. The van der Waals surface area contributed by atoms with E-state index in [0.29, 0.717) is 34.2 Å². The van der Waals surface area contributed by atoms with Gasteiger partial charge in [0.1, 0.15) is 22.9 Å². The van der Waals surface area contributed by atoms with Gasteiger partial charge in [0.2, 0.25) is 11.9 Å². The number of amides is 1. The minimum atomic E-state index is -4.53. The number of hydrogen-bond donors (Lipinski definition) is 2. The number of nitrogens with zero attached hydrogens (tertiary/aromatic N) is 4. The summed E-state index contributed by atoms with van der Waals surface area (Å²) in [7, 11) is 3.30. The van der Waals surface area contributed by atoms with E-state index in [0.717, 1.165) is 11.6 Å². The summed E-state index contributed by atoms with van der Waals surface area (Å²) in [6, 6.07) is 15.5. The Bertz CT molecular complexity index is 1730. The van der Waals surface area contributed by atoms with Crippen LogP contribution in [0, 0.1) is 5.95 Å². The molecule has 0 bridgehead atoms. The fraction of sp³-hybridized carbons (Fsp3) is 0.143. The average Bonchev–Trinajstić information content (AvgIpc) is 3.25. The highest BCUT2D eigenvalue weighted by atomic mass is 19.4. The Kier molecular flexibility index (Phi) is 7.42. The molecule has 13 heteroatoms. The molecule has 0 fully saturated rings. The van der Waals surface area contributed by atoms with Gasteiger partial charge in [0.15, 0.2) is 6.61 Å². The van der Waals surface area contributed by atoms with Crippen LogP contribution >= 0.6 is 0 Å². The molecule has 5 rings (SSSR count). The fourth-order valence-electron chi connectivity index (χ4n) is 4.00. The molecule has 0 aliphatic rings. The predicted molar refractivity (Wildman–Crippen MR) is 145 cm³/mol. The fourth-order valence-corrected chi connectivity index (χ4v) is 4.00. The van der Waals surface area contributed by atoms with Crippen molar-refractivity contribution in [3.63, 3.8) is 0 Å². The molecule has 0 radical (unpaired) electrons. The Balaban J connectivity index is 0.00000405. The Morgan fingerprint density at radius 1 is 1.02 bits per heavy atom. The lowest BCUT2D eigenvalue weighted by molar-refractivity contribution is -0.153. The molecule has 212 valence electrons. The van der Waals surface area contributed by atoms with Crippen molar-refractivity contribution < 1.29 is 33.3 Å². The molecule has 1 amide bonds. The van der Waals surface area contributed by atoms with Crippen LogP contribution in [0.3, 0.4) is 0 Å². The third-order valence-electron chi connectivity index (χ3n) is 5.94. The van der Waals surface area contributed by atoms with Gasteiger partial charge >= 0.3 is 6.18 Å². The topological polar surface area (TPSA) is 103 Å². The predicted octanol–water partition coefficient (Wildman–Crippen LogP) is 6.25. The Morgan fingerprint density at radius 3 is 2.56 bits per heavy atom. The van der Waals surface area contributed by atoms with E-state index >= 15 is 0 Å². The van der Waals surface area contributed by atoms with Gasteiger partial charge in [-0.3, -0.25) is 9.78 Å². The maximum atomic E-state index is 13.4. The molecule has 3 heterocycles. The third kappa shape index (κ3) is 6.35. The van der Waals surface area contributed by atoms with Crippen LogP contribution in [0.25, 0.3) is 22.2 Å². The van der Waals surface area contributed by atoms with Crippen LogP contribution in [-0.2, 0) is 7.05 Å². The van der Waals surface area contributed by atoms with Crippen molar-refractivity contribution in [2.45, 2.75) is 6.18 Å². The number of aromatic nitrogens is 4. The molecule has 0 saturated heterocycles. The molecule has 2 aromatic carbocycles. The second-order valence-corrected chi connectivity index (χ2v) is 8.81. The third-order valence-corrected chi connectivity index (χ3v) is 5.94. The number of imidazole rings is 1. The summed E-state index contributed by atoms with van der Waals surface area (Å²) in [5, 5.41) is 5.67. The number of fused-ring (bicyclic) bond motifs is 1. The van der Waals surface area contributed by atoms with Crippen LogP contribution in [0.15, 0.2) is 73.1 Å². The summed E-state index contributed by atoms with van der Waals surface area (Å²) in [5.74, 6) is 0.236. The van der Waals surface area contributed by atoms with Gasteiger partial charge < -0.3 is 24.7 Å². The maximum Gasteiger partial charge on any atom is 0.422 e. The number of nitrogens with one attached hydrogen (secondary N) is 2. The summed E-state index contributed by atoms with van der Waals surface area (Å²) in [6.07, 6.45) is -1.85. The standard InChI is InChI=1S/C28H22F4N6O3.H2/c1-33-26(39)22-13-19(9-10-34-22)41-18-5-6-23-21(12-18)37-27(38(23)2)36-17-4-7-24(40-15-28(30,31)32)20(11-17)16-3-8-25(29)35-14-16;/h3-14H,15H2,1-2H3,(H,33,39)(H,36,37);1H. The Hall–Kier alpha value is -5.20. The maximum absolute atomic E-state index is 13.4. The number of aryl methyl sites for hydroxylation is 1. The van der Waals surface area contributed by atoms with Crippen LogP contribution in [0.2, 0.25) is 0 Å². The van der Waals surface area contributed by atoms with Gasteiger partial charge in [-0.05, 0) is 48.5 Å². The van der Waals surface area contributed by atoms with E-state index in [9.17, 15) is 22.4 Å². The van der Waals surface area contributed by atoms with Gasteiger partial charge in [-0.25, -0.2) is 9.97 Å². The lowest BCUT2D eigenvalue weighted by Crippen LogP contribution is -2.19. The minimum Gasteiger partial charge on any atom is -0.483 e. The number of carbonyl (C=O) groups excluding carboxylic acids is 1. The van der Waals surface area contributed by atoms with Gasteiger partial charge in [0, 0.05) is 56.9 Å². The highest BCUT2D eigenvalue weighted by Crippen LogP contribution is 2.35. The molecular formula is C28H24F4N6O3. The van der Waals surface area contributed by atoms with E-state index in [4.69, 9.17) is 9.47 Å². The molecular weight excluding hydrogens is 544 g/mol. The molecule has 0 unspecified atom stereocenters. The summed E-state index contributed by atoms with van der Waals surface area (Å²) in [6.45, 7) is -1.48. The van der Waals surface area contributed by atoms with Crippen LogP contribution in [0.4, 0.5) is 29.2 Å². The highest BCUT2D eigenvalue weighted by Gasteiger charge is 2.29. The molecule has 41 heavy (non-hydrogen) atoms. The lowest BCUT2D eigenvalue weighted by Gasteiger charge is -2.15. The molecule has 0 atom stereocenters. The number of alkyl halides is 3. The van der Waals surface area contributed by atoms with Gasteiger partial charge in [-0.1, -0.05) is 0 Å². The van der Waals surface area contributed by atoms with Crippen molar-refractivity contribution in [3.8, 4) is 28.4 Å². The molecule has 0 aliphatic heterocycles. The average molecular weight is 569 g/mol. The highest BCUT2D eigenvalue weighted by molar-refractivity contribution is 5.92. The molecule has 3 aromatic heterocycles. The molecule has 0 saturated carbocycles. The Labute approximate surface area is 232 Å². The summed E-state index contributed by atoms with van der Waals surface area (Å²) >= 11 is 0. The SMILES string of the molecule is CNC(=O)c1cc(Oc2ccc3c(c2)nc(Nc2ccc(OCC(F)(F)F)c(-c4ccc(F)nc4)c2)n3C)ccn1.[HH]. The molecule has 2 N–H and O–H groups in total. The van der Waals surface area contributed by atoms with Crippen molar-refractivity contribution in [2.24, 2.45) is 7.05 Å². The number of ether oxygens (including phenoxy) is 2. The van der Waals surface area contributed by atoms with Crippen molar-refractivity contribution in [2.75, 3.05) is 19.0 Å². The van der Waals surface area contributed by atoms with Crippen molar-refractivity contribution in [1.29, 1.82) is 0 Å². The van der Waals surface area contributed by atoms with E-state index in [1.165, 1.54) is 37.6 Å². The summed E-state index contributed by atoms with van der Waals surface area (Å²) < 4.78 is 64.6. The largest absolute Gasteiger partial charge is 0.483 e. The van der Waals surface area contributed by atoms with E-state index in [-0.39, 0.29) is 24.3 Å². The molecule has 9 nitrogen and oxygen atoms in total. The lowest BCUT2D eigenvalue weighted by atomic mass is 10.1. The first-order valence-electron chi connectivity index (χ1n) is 12.1. The smallest absolute Gasteiger partial charge is 0.422 e. The van der Waals surface area contributed by atoms with Crippen molar-refractivity contribution in [3.05, 3.63) is 84.7 Å². The van der Waals surface area contributed by atoms with E-state index < -0.39 is 18.7 Å². The number of hydrogen-bond acceptors (Lipinski definition) is 7. The van der Waals surface area contributed by atoms with E-state index in [1.54, 1.807) is 41.9 Å². The van der Waals surface area contributed by atoms with Gasteiger partial charge in [0.05, 0.1) is 11.0 Å². The summed E-state index contributed by atoms with van der Waals surface area (Å²) in [4.78, 5) is 24.1. The van der Waals surface area contributed by atoms with Gasteiger partial charge in [0.25, 0.3) is 5.91 Å². The first-order chi connectivity index (χ1) is 19.6. The van der Waals surface area contributed by atoms with Gasteiger partial charge in [-0.2, -0.15) is 17.6 Å². The first kappa shape index (κ1) is 27.4. The van der Waals surface area contributed by atoms with Crippen LogP contribution in [0.1, 0.15) is 11.9 Å². The van der Waals surface area contributed by atoms with Crippen LogP contribution in [-0.4, -0.2) is 45.3 Å². The number of carbonyl (C=O) groups is 1. The number of rotatable bonds is 8. The van der Waals surface area contributed by atoms with Crippen LogP contribution in [0.5, 0.6) is 17.2 Å². The minimum absolute atomic E-state index is 0. The number of pyridine rings is 2. The number of halogens is 4. The zero-order valence-corrected chi connectivity index (χ0v) is 21.7. The zero-order chi connectivity index (χ0) is 29.1. The number of anilines is 2. The van der Waals surface area contributed by atoms with E-state index in [1.807, 2.05) is 6.07 Å². The van der Waals surface area contributed by atoms with Gasteiger partial charge in [-0.15, -0.1) is 0 Å². The quantitative estimate of drug-likeness (QED) is 0.168. The normalized spacial score (nSPS) is 11.4. The molecule has 0 spiro atoms. The van der Waals surface area contributed by atoms with E-state index in [2.05, 4.69) is 25.6 Å². The molecule has 0 aliphatic carbocycles. The zero-order valence-electron chi connectivity index (χ0n) is 21.7. The van der Waals surface area contributed by atoms with Crippen molar-refractivity contribution in [1.82, 2.24) is 24.8 Å². The van der Waals surface area contributed by atoms with Crippen LogP contribution < -0.4 is 20.1 Å². The second kappa shape index (κ2) is 11.1. The molecule has 5 aromatic rings. The first-order valence-corrected chi connectivity index (χ1v) is 12.1. The van der Waals surface area contributed by atoms with Crippen molar-refractivity contribution >= 4 is 28.6 Å². The number of benzene rings is 2. The monoisotopic (exact) mass is 568 g/mol.